The van der Waals surface area contributed by atoms with E-state index in [4.69, 9.17) is 43.9 Å². The van der Waals surface area contributed by atoms with Crippen molar-refractivity contribution in [3.63, 3.8) is 0 Å². The number of benzene rings is 2. The number of nitrogens with zero attached hydrogens (tertiary/aromatic N) is 5. The molecule has 1 fully saturated rings. The number of aliphatic hydroxyl groups excluding tert-OH is 2. The van der Waals surface area contributed by atoms with Crippen molar-refractivity contribution >= 4 is 110 Å². The second-order valence-corrected chi connectivity index (χ2v) is 36.4. The zero-order chi connectivity index (χ0) is 81.8. The van der Waals surface area contributed by atoms with Crippen molar-refractivity contribution in [1.82, 2.24) is 25.2 Å². The van der Waals surface area contributed by atoms with Crippen molar-refractivity contribution in [3.8, 4) is 11.8 Å². The van der Waals surface area contributed by atoms with Gasteiger partial charge in [0.2, 0.25) is 17.5 Å². The van der Waals surface area contributed by atoms with Gasteiger partial charge in [0.15, 0.2) is 11.9 Å². The number of unbranched alkanes of at least 4 members (excludes halogenated alkanes) is 3. The minimum Gasteiger partial charge on any atom is -0.387 e. The molecule has 5 heterocycles. The molecule has 1 saturated heterocycles. The fourth-order valence-corrected chi connectivity index (χ4v) is 17.4. The van der Waals surface area contributed by atoms with Crippen LogP contribution < -0.4 is 21.3 Å². The molecule has 7 atom stereocenters. The quantitative estimate of drug-likeness (QED) is 0.00753. The van der Waals surface area contributed by atoms with Crippen LogP contribution in [0.1, 0.15) is 101 Å². The minimum atomic E-state index is -5.84. The van der Waals surface area contributed by atoms with Gasteiger partial charge in [0, 0.05) is 73.1 Å². The summed E-state index contributed by atoms with van der Waals surface area (Å²) in [5.41, 5.74) is 8.12. The number of phosphoric acid groups is 3. The first-order chi connectivity index (χ1) is 51.9. The number of hydrogen-bond acceptors (Lipinski definition) is 28. The molecule has 0 saturated carbocycles. The Labute approximate surface area is 640 Å². The molecular weight excluding hydrogens is 1610 g/mol. The SMILES string of the molecule is CC1(C)C(C=CC=CC=C2N(CCCCCC(=O)NCCOCCOCCOCCOCCOCCC(=O)NCC#Cc3cn([C@@H]4O[C@H](COP(=O)(O)OP(=O)(O)OP(=O)(O)O)[C@@H](O)[C@H]4O)c4ncnc(N)c34)c3ccc(S(=O)(=O)O)cc3C2(C)CCCCS(=O)(=O)O)=[N+](CCCS(=O)(=O)O)c2ccc(S(=O)(=O)O)cc21. The number of carbonyl (C=O) groups excluding carboxylic acids is 2. The summed E-state index contributed by atoms with van der Waals surface area (Å²) in [5, 5.41) is 27.2. The summed E-state index contributed by atoms with van der Waals surface area (Å²) < 4.78 is 218. The Kier molecular flexibility index (Phi) is 33.4. The van der Waals surface area contributed by atoms with E-state index in [-0.39, 0.29) is 168 Å². The number of anilines is 2. The van der Waals surface area contributed by atoms with E-state index >= 15 is 0 Å². The maximum Gasteiger partial charge on any atom is 0.490 e. The molecule has 0 bridgehead atoms. The van der Waals surface area contributed by atoms with Crippen LogP contribution in [0.5, 0.6) is 0 Å². The second kappa shape index (κ2) is 40.4. The maximum atomic E-state index is 12.8. The average Bonchev–Trinajstić information content (AvgIpc) is 1.60. The minimum absolute atomic E-state index is 0.00906. The molecule has 618 valence electrons. The second-order valence-electron chi connectivity index (χ2n) is 26.0. The van der Waals surface area contributed by atoms with Crippen LogP contribution in [0.2, 0.25) is 0 Å². The van der Waals surface area contributed by atoms with Crippen LogP contribution in [0, 0.1) is 11.8 Å². The Morgan fingerprint density at radius 1 is 0.685 bits per heavy atom. The van der Waals surface area contributed by atoms with Crippen LogP contribution >= 0.6 is 23.5 Å². The normalized spacial score (nSPS) is 20.3. The Morgan fingerprint density at radius 3 is 1.90 bits per heavy atom. The summed E-state index contributed by atoms with van der Waals surface area (Å²) in [5.74, 6) is 3.91. The van der Waals surface area contributed by atoms with Gasteiger partial charge in [-0.25, -0.2) is 23.7 Å². The number of aliphatic hydroxyl groups is 2. The number of nitrogens with two attached hydrogens (primary N) is 1. The Morgan fingerprint density at radius 2 is 1.28 bits per heavy atom. The van der Waals surface area contributed by atoms with Crippen LogP contribution in [0.25, 0.3) is 11.0 Å². The highest BCUT2D eigenvalue weighted by Gasteiger charge is 2.49. The first kappa shape index (κ1) is 92.0. The summed E-state index contributed by atoms with van der Waals surface area (Å²) in [4.78, 5) is 71.5. The third kappa shape index (κ3) is 28.0. The molecule has 3 unspecified atom stereocenters. The summed E-state index contributed by atoms with van der Waals surface area (Å²) in [6, 6.07) is 8.34. The molecule has 0 aliphatic carbocycles. The summed E-state index contributed by atoms with van der Waals surface area (Å²) in [6.45, 7) is 7.44. The molecule has 3 aliphatic rings. The van der Waals surface area contributed by atoms with Crippen molar-refractivity contribution in [2.45, 2.75) is 124 Å². The lowest BCUT2D eigenvalue weighted by Crippen LogP contribution is -2.33. The first-order valence-electron chi connectivity index (χ1n) is 34.4. The largest absolute Gasteiger partial charge is 0.490 e. The van der Waals surface area contributed by atoms with Gasteiger partial charge >= 0.3 is 23.5 Å². The van der Waals surface area contributed by atoms with Crippen molar-refractivity contribution < 1.29 is 151 Å². The molecule has 2 aromatic carbocycles. The molecule has 7 rings (SSSR count). The number of hydrogen-bond donors (Lipinski definition) is 13. The topological polar surface area (TPSA) is 594 Å². The van der Waals surface area contributed by atoms with E-state index in [1.54, 1.807) is 34.9 Å². The molecule has 2 amide bonds. The highest BCUT2D eigenvalue weighted by molar-refractivity contribution is 7.86. The molecule has 14 N–H and O–H groups in total. The number of rotatable bonds is 47. The first-order valence-corrected chi connectivity index (χ1v) is 45.0. The van der Waals surface area contributed by atoms with E-state index < -0.39 is 117 Å². The van der Waals surface area contributed by atoms with Crippen molar-refractivity contribution in [3.05, 3.63) is 102 Å². The smallest absolute Gasteiger partial charge is 0.387 e. The number of nitrogen functional groups attached to an aromatic ring is 1. The van der Waals surface area contributed by atoms with Gasteiger partial charge in [-0.2, -0.15) is 46.9 Å². The lowest BCUT2D eigenvalue weighted by molar-refractivity contribution is -0.437. The third-order valence-corrected chi connectivity index (χ3v) is 24.6. The highest BCUT2D eigenvalue weighted by atomic mass is 32.2. The fraction of sp³-hybridized carbons (Fsp3) is 0.547. The summed E-state index contributed by atoms with van der Waals surface area (Å²) >= 11 is 0. The number of carbonyl (C=O) groups is 2. The van der Waals surface area contributed by atoms with Crippen molar-refractivity contribution in [2.24, 2.45) is 0 Å². The molecule has 0 radical (unpaired) electrons. The number of allylic oxidation sites excluding steroid dienone is 6. The van der Waals surface area contributed by atoms with Crippen LogP contribution in [-0.2, 0) is 116 Å². The van der Waals surface area contributed by atoms with Gasteiger partial charge in [-0.05, 0) is 88.4 Å². The van der Waals surface area contributed by atoms with Gasteiger partial charge in [-0.15, -0.1) is 0 Å². The molecule has 0 spiro atoms. The van der Waals surface area contributed by atoms with E-state index in [1.807, 2.05) is 31.7 Å². The number of amides is 2. The standard InChI is InChI=1S/C64H91N8O32P3S4/c1-63(2)48-40-46(110(90,91)92)18-20-50(48)70(27-13-39-109(87,88)89)53(63)15-6-4-7-16-54-64(3,23-9-11-38-108(84,85)86)49-41-47(111(93,94)95)19-21-51(49)71(54)26-10-5-8-17-55(73)67-25-29-97-31-33-99-35-37-100-36-34-98-32-30-96-28-22-56(74)66-24-12-14-45-42-72(61-57(45)60(65)68-44-69-61)62-59(76)58(75)52(102-62)43-101-106(80,81)104-107(82,83)103-105(77,78)79/h4,6-7,15-16,18-21,40-42,44,52,58-59,62,75-76H,5,8-11,13,17,22-39,43H2,1-3H3,(H11-,65,66,67,68,69,73,74,77,78,79,80,81,82,83,84,85,86,87,88,89,90,91,92,93,94,95)/p+1/t52-,58-,59-,62-,64?/m1/s1. The zero-order valence-electron chi connectivity index (χ0n) is 60.4. The predicted octanol–water partition coefficient (Wildman–Crippen LogP) is 3.27. The fourth-order valence-electron chi connectivity index (χ4n) is 12.3. The van der Waals surface area contributed by atoms with Crippen molar-refractivity contribution in [1.29, 1.82) is 0 Å². The highest BCUT2D eigenvalue weighted by Crippen LogP contribution is 2.66. The summed E-state index contributed by atoms with van der Waals surface area (Å²) in [6.07, 6.45) is 7.07. The molecule has 2 aromatic heterocycles. The number of phosphoric ester groups is 1. The van der Waals surface area contributed by atoms with Gasteiger partial charge < -0.3 is 84.0 Å². The molecule has 40 nitrogen and oxygen atoms in total. The van der Waals surface area contributed by atoms with E-state index in [0.29, 0.717) is 59.7 Å². The van der Waals surface area contributed by atoms with Crippen LogP contribution in [0.15, 0.2) is 94.8 Å². The van der Waals surface area contributed by atoms with E-state index in [9.17, 15) is 95.2 Å². The van der Waals surface area contributed by atoms with E-state index in [0.717, 1.165) is 6.33 Å². The Hall–Kier alpha value is -6.22. The van der Waals surface area contributed by atoms with Gasteiger partial charge in [-0.3, -0.25) is 32.3 Å². The Bertz CT molecular complexity index is 4780. The average molecular weight is 1710 g/mol. The van der Waals surface area contributed by atoms with Crippen molar-refractivity contribution in [2.75, 3.05) is 121 Å². The van der Waals surface area contributed by atoms with Gasteiger partial charge in [-0.1, -0.05) is 42.9 Å². The molecule has 47 heteroatoms. The van der Waals surface area contributed by atoms with Gasteiger partial charge in [0.1, 0.15) is 42.6 Å². The lowest BCUT2D eigenvalue weighted by Gasteiger charge is -2.30. The number of aromatic nitrogens is 3. The monoisotopic (exact) mass is 1710 g/mol. The third-order valence-electron chi connectivity index (χ3n) is 17.5. The zero-order valence-corrected chi connectivity index (χ0v) is 66.4. The van der Waals surface area contributed by atoms with Gasteiger partial charge in [0.05, 0.1) is 117 Å². The molecule has 3 aliphatic heterocycles. The van der Waals surface area contributed by atoms with Gasteiger partial charge in [0.25, 0.3) is 40.5 Å². The number of fused-ring (bicyclic) bond motifs is 3. The van der Waals surface area contributed by atoms with E-state index in [2.05, 4.69) is 45.6 Å². The maximum absolute atomic E-state index is 12.8. The van der Waals surface area contributed by atoms with Crippen LogP contribution in [0.4, 0.5) is 17.2 Å². The molecule has 4 aromatic rings. The number of nitrogens with one attached hydrogen (secondary N) is 2. The Balaban J connectivity index is 0.765. The molecular formula is C64H92N8O32P3S4+. The van der Waals surface area contributed by atoms with Crippen LogP contribution in [-0.4, -0.2) is 247 Å². The predicted molar refractivity (Wildman–Crippen MR) is 395 cm³/mol. The van der Waals surface area contributed by atoms with Crippen LogP contribution in [0.3, 0.4) is 0 Å². The number of ether oxygens (including phenoxy) is 6. The summed E-state index contributed by atoms with van der Waals surface area (Å²) in [7, 11) is -35.0. The molecule has 111 heavy (non-hydrogen) atoms. The lowest BCUT2D eigenvalue weighted by atomic mass is 9.77. The van der Waals surface area contributed by atoms with E-state index in [1.165, 1.54) is 41.1 Å².